The van der Waals surface area contributed by atoms with E-state index in [1.165, 1.54) is 4.90 Å². The lowest BCUT2D eigenvalue weighted by Crippen LogP contribution is -2.35. The van der Waals surface area contributed by atoms with Crippen LogP contribution in [-0.2, 0) is 14.4 Å². The summed E-state index contributed by atoms with van der Waals surface area (Å²) >= 11 is 3.48. The number of halogens is 1. The fourth-order valence-corrected chi connectivity index (χ4v) is 5.47. The van der Waals surface area contributed by atoms with E-state index in [1.54, 1.807) is 0 Å². The average molecular weight is 419 g/mol. The number of hydrogen-bond donors (Lipinski definition) is 1. The molecule has 1 aromatic rings. The van der Waals surface area contributed by atoms with Gasteiger partial charge in [0.1, 0.15) is 0 Å². The molecule has 0 spiro atoms. The molecule has 0 radical (unpaired) electrons. The molecule has 1 aliphatic heterocycles. The minimum absolute atomic E-state index is 0.0457. The molecule has 4 atom stereocenters. The van der Waals surface area contributed by atoms with Crippen LogP contribution in [0.15, 0.2) is 16.6 Å². The predicted molar refractivity (Wildman–Crippen MR) is 101 cm³/mol. The molecule has 3 aliphatic rings. The quantitative estimate of drug-likeness (QED) is 0.761. The second-order valence-electron chi connectivity index (χ2n) is 7.86. The van der Waals surface area contributed by atoms with Crippen molar-refractivity contribution >= 4 is 39.3 Å². The summed E-state index contributed by atoms with van der Waals surface area (Å²) in [5, 5.41) is 2.90. The number of amides is 3. The van der Waals surface area contributed by atoms with Crippen molar-refractivity contribution in [3.63, 3.8) is 0 Å². The normalized spacial score (nSPS) is 29.4. The zero-order chi connectivity index (χ0) is 18.6. The molecule has 2 bridgehead atoms. The summed E-state index contributed by atoms with van der Waals surface area (Å²) in [4.78, 5) is 39.0. The highest BCUT2D eigenvalue weighted by atomic mass is 79.9. The minimum Gasteiger partial charge on any atom is -0.326 e. The van der Waals surface area contributed by atoms with Crippen molar-refractivity contribution in [1.29, 1.82) is 0 Å². The Hall–Kier alpha value is -1.69. The average Bonchev–Trinajstić information content (AvgIpc) is 3.28. The molecule has 1 N–H and O–H groups in total. The fourth-order valence-electron chi connectivity index (χ4n) is 5.04. The van der Waals surface area contributed by atoms with Crippen LogP contribution in [-0.4, -0.2) is 29.2 Å². The largest absolute Gasteiger partial charge is 0.326 e. The second-order valence-corrected chi connectivity index (χ2v) is 8.71. The Kier molecular flexibility index (Phi) is 4.41. The van der Waals surface area contributed by atoms with Gasteiger partial charge >= 0.3 is 0 Å². The number of rotatable bonds is 4. The van der Waals surface area contributed by atoms with Crippen molar-refractivity contribution < 1.29 is 14.4 Å². The highest BCUT2D eigenvalue weighted by Gasteiger charge is 2.60. The van der Waals surface area contributed by atoms with E-state index in [9.17, 15) is 14.4 Å². The molecular weight excluding hydrogens is 396 g/mol. The Labute approximate surface area is 161 Å². The maximum atomic E-state index is 12.7. The van der Waals surface area contributed by atoms with Gasteiger partial charge in [-0.1, -0.05) is 15.9 Å². The number of anilines is 1. The summed E-state index contributed by atoms with van der Waals surface area (Å²) in [5.41, 5.74) is 2.85. The van der Waals surface area contributed by atoms with Gasteiger partial charge in [0.05, 0.1) is 11.8 Å². The minimum atomic E-state index is -0.171. The molecule has 138 valence electrons. The molecule has 2 saturated carbocycles. The molecule has 2 aliphatic carbocycles. The zero-order valence-corrected chi connectivity index (χ0v) is 16.6. The number of carbonyl (C=O) groups excluding carboxylic acids is 3. The number of benzene rings is 1. The summed E-state index contributed by atoms with van der Waals surface area (Å²) < 4.78 is 1.00. The lowest BCUT2D eigenvalue weighted by atomic mass is 9.81. The van der Waals surface area contributed by atoms with Gasteiger partial charge in [-0.3, -0.25) is 19.3 Å². The second kappa shape index (κ2) is 6.48. The number of likely N-dealkylation sites (tertiary alicyclic amines) is 1. The summed E-state index contributed by atoms with van der Waals surface area (Å²) in [6.45, 7) is 4.13. The SMILES string of the molecule is Cc1c(Br)ccc(NC(=O)CCN2C(=O)[C@@H]3[C@H]4CC[C@@H](C4)[C@H]3C2=O)c1C. The van der Waals surface area contributed by atoms with Gasteiger partial charge < -0.3 is 5.32 Å². The van der Waals surface area contributed by atoms with Crippen molar-refractivity contribution in [1.82, 2.24) is 4.90 Å². The third-order valence-corrected chi connectivity index (χ3v) is 7.44. The van der Waals surface area contributed by atoms with Crippen LogP contribution < -0.4 is 5.32 Å². The van der Waals surface area contributed by atoms with Crippen LogP contribution in [0.5, 0.6) is 0 Å². The van der Waals surface area contributed by atoms with Crippen LogP contribution >= 0.6 is 15.9 Å². The molecule has 0 aromatic heterocycles. The van der Waals surface area contributed by atoms with Gasteiger partial charge in [0, 0.05) is 23.1 Å². The molecule has 0 unspecified atom stereocenters. The Morgan fingerprint density at radius 1 is 1.12 bits per heavy atom. The van der Waals surface area contributed by atoms with Crippen LogP contribution in [0.3, 0.4) is 0 Å². The first kappa shape index (κ1) is 17.7. The molecular formula is C20H23BrN2O3. The van der Waals surface area contributed by atoms with E-state index < -0.39 is 0 Å². The van der Waals surface area contributed by atoms with Gasteiger partial charge in [-0.2, -0.15) is 0 Å². The van der Waals surface area contributed by atoms with E-state index in [-0.39, 0.29) is 42.5 Å². The van der Waals surface area contributed by atoms with Gasteiger partial charge in [-0.15, -0.1) is 0 Å². The maximum absolute atomic E-state index is 12.7. The first-order valence-electron chi connectivity index (χ1n) is 9.29. The molecule has 5 nitrogen and oxygen atoms in total. The van der Waals surface area contributed by atoms with Crippen LogP contribution in [0.2, 0.25) is 0 Å². The Bertz CT molecular complexity index is 778. The number of imide groups is 1. The van der Waals surface area contributed by atoms with Gasteiger partial charge in [0.15, 0.2) is 0 Å². The van der Waals surface area contributed by atoms with E-state index in [4.69, 9.17) is 0 Å². The van der Waals surface area contributed by atoms with E-state index in [0.29, 0.717) is 11.8 Å². The molecule has 3 fully saturated rings. The van der Waals surface area contributed by atoms with Gasteiger partial charge in [0.25, 0.3) is 0 Å². The predicted octanol–water partition coefficient (Wildman–Crippen LogP) is 3.43. The Balaban J connectivity index is 1.39. The van der Waals surface area contributed by atoms with Gasteiger partial charge in [-0.05, 0) is 68.2 Å². The van der Waals surface area contributed by atoms with Crippen molar-refractivity contribution in [2.24, 2.45) is 23.7 Å². The number of nitrogens with zero attached hydrogens (tertiary/aromatic N) is 1. The van der Waals surface area contributed by atoms with Crippen LogP contribution in [0, 0.1) is 37.5 Å². The highest BCUT2D eigenvalue weighted by molar-refractivity contribution is 9.10. The Morgan fingerprint density at radius 2 is 1.73 bits per heavy atom. The molecule has 1 saturated heterocycles. The summed E-state index contributed by atoms with van der Waals surface area (Å²) in [6, 6.07) is 3.76. The number of carbonyl (C=O) groups is 3. The smallest absolute Gasteiger partial charge is 0.233 e. The van der Waals surface area contributed by atoms with E-state index in [2.05, 4.69) is 21.2 Å². The third kappa shape index (κ3) is 2.70. The first-order chi connectivity index (χ1) is 12.4. The van der Waals surface area contributed by atoms with Crippen LogP contribution in [0.4, 0.5) is 5.69 Å². The monoisotopic (exact) mass is 418 g/mol. The zero-order valence-electron chi connectivity index (χ0n) is 15.0. The maximum Gasteiger partial charge on any atom is 0.233 e. The first-order valence-corrected chi connectivity index (χ1v) is 10.1. The number of nitrogens with one attached hydrogen (secondary N) is 1. The molecule has 1 aromatic carbocycles. The molecule has 6 heteroatoms. The van der Waals surface area contributed by atoms with Crippen LogP contribution in [0.1, 0.15) is 36.8 Å². The van der Waals surface area contributed by atoms with Gasteiger partial charge in [-0.25, -0.2) is 0 Å². The number of hydrogen-bond acceptors (Lipinski definition) is 3. The van der Waals surface area contributed by atoms with Crippen molar-refractivity contribution in [2.45, 2.75) is 39.5 Å². The van der Waals surface area contributed by atoms with Gasteiger partial charge in [0.2, 0.25) is 17.7 Å². The van der Waals surface area contributed by atoms with E-state index in [0.717, 1.165) is 40.5 Å². The van der Waals surface area contributed by atoms with E-state index >= 15 is 0 Å². The number of fused-ring (bicyclic) bond motifs is 5. The summed E-state index contributed by atoms with van der Waals surface area (Å²) in [6.07, 6.45) is 3.31. The molecule has 1 heterocycles. The highest BCUT2D eigenvalue weighted by Crippen LogP contribution is 2.56. The topological polar surface area (TPSA) is 66.5 Å². The van der Waals surface area contributed by atoms with E-state index in [1.807, 2.05) is 26.0 Å². The third-order valence-electron chi connectivity index (χ3n) is 6.58. The van der Waals surface area contributed by atoms with Crippen molar-refractivity contribution in [3.8, 4) is 0 Å². The molecule has 26 heavy (non-hydrogen) atoms. The molecule has 3 amide bonds. The lowest BCUT2D eigenvalue weighted by Gasteiger charge is -2.19. The lowest BCUT2D eigenvalue weighted by molar-refractivity contribution is -0.140. The van der Waals surface area contributed by atoms with Crippen LogP contribution in [0.25, 0.3) is 0 Å². The Morgan fingerprint density at radius 3 is 2.35 bits per heavy atom. The van der Waals surface area contributed by atoms with Crippen molar-refractivity contribution in [2.75, 3.05) is 11.9 Å². The standard InChI is InChI=1S/C20H23BrN2O3/c1-10-11(2)15(6-5-14(10)21)22-16(24)7-8-23-19(25)17-12-3-4-13(9-12)18(17)20(23)26/h5-6,12-13,17-18H,3-4,7-9H2,1-2H3,(H,22,24)/t12-,13-,17+,18+/m0/s1. The molecule has 4 rings (SSSR count). The summed E-state index contributed by atoms with van der Waals surface area (Å²) in [7, 11) is 0. The summed E-state index contributed by atoms with van der Waals surface area (Å²) in [5.74, 6) is 0.283. The van der Waals surface area contributed by atoms with Crippen molar-refractivity contribution in [3.05, 3.63) is 27.7 Å². The fraction of sp³-hybridized carbons (Fsp3) is 0.550.